The van der Waals surface area contributed by atoms with Gasteiger partial charge < -0.3 is 9.52 Å². The molecule has 3 nitrogen and oxygen atoms in total. The molecule has 3 heteroatoms. The van der Waals surface area contributed by atoms with E-state index in [0.29, 0.717) is 6.42 Å². The Balaban J connectivity index is 2.27. The van der Waals surface area contributed by atoms with Gasteiger partial charge in [0.1, 0.15) is 11.3 Å². The Morgan fingerprint density at radius 1 is 1.40 bits per heavy atom. The van der Waals surface area contributed by atoms with Crippen LogP contribution in [0.15, 0.2) is 28.7 Å². The summed E-state index contributed by atoms with van der Waals surface area (Å²) in [6, 6.07) is 7.83. The number of hydrogen-bond acceptors (Lipinski definition) is 2. The molecule has 0 spiro atoms. The van der Waals surface area contributed by atoms with Crippen LogP contribution in [0.4, 0.5) is 0 Å². The number of carboxylic acids is 1. The topological polar surface area (TPSA) is 50.4 Å². The van der Waals surface area contributed by atoms with Crippen LogP contribution in [0.1, 0.15) is 17.7 Å². The number of carboxylic acid groups (broad SMARTS) is 1. The fourth-order valence-corrected chi connectivity index (χ4v) is 1.57. The highest BCUT2D eigenvalue weighted by atomic mass is 16.4. The fourth-order valence-electron chi connectivity index (χ4n) is 1.57. The van der Waals surface area contributed by atoms with E-state index >= 15 is 0 Å². The van der Waals surface area contributed by atoms with Gasteiger partial charge in [-0.05, 0) is 25.1 Å². The summed E-state index contributed by atoms with van der Waals surface area (Å²) in [5.74, 6) is -0.0652. The van der Waals surface area contributed by atoms with Crippen molar-refractivity contribution in [1.29, 1.82) is 0 Å². The second-order valence-corrected chi connectivity index (χ2v) is 3.65. The van der Waals surface area contributed by atoms with Crippen molar-refractivity contribution >= 4 is 16.9 Å². The van der Waals surface area contributed by atoms with E-state index in [1.54, 1.807) is 0 Å². The van der Waals surface area contributed by atoms with Crippen molar-refractivity contribution in [2.24, 2.45) is 0 Å². The molecule has 2 rings (SSSR count). The first-order chi connectivity index (χ1) is 7.15. The molecule has 0 aliphatic rings. The van der Waals surface area contributed by atoms with E-state index in [-0.39, 0.29) is 6.42 Å². The first-order valence-corrected chi connectivity index (χ1v) is 4.86. The Morgan fingerprint density at radius 3 is 2.93 bits per heavy atom. The first-order valence-electron chi connectivity index (χ1n) is 4.86. The predicted molar refractivity (Wildman–Crippen MR) is 56.9 cm³/mol. The van der Waals surface area contributed by atoms with Crippen LogP contribution in [0.3, 0.4) is 0 Å². The lowest BCUT2D eigenvalue weighted by atomic mass is 10.2. The molecular weight excluding hydrogens is 192 g/mol. The van der Waals surface area contributed by atoms with E-state index in [2.05, 4.69) is 0 Å². The van der Waals surface area contributed by atoms with E-state index in [0.717, 1.165) is 16.7 Å². The highest BCUT2D eigenvalue weighted by Gasteiger charge is 2.05. The molecule has 0 radical (unpaired) electrons. The van der Waals surface area contributed by atoms with Crippen molar-refractivity contribution in [2.45, 2.75) is 19.8 Å². The standard InChI is InChI=1S/C12H12O3/c1-8-2-4-11-9(6-8)7-10(15-11)3-5-12(13)14/h2,4,6-7H,3,5H2,1H3,(H,13,14). The number of benzene rings is 1. The molecule has 1 N–H and O–H groups in total. The van der Waals surface area contributed by atoms with Crippen molar-refractivity contribution < 1.29 is 14.3 Å². The molecule has 0 atom stereocenters. The Hall–Kier alpha value is -1.77. The quantitative estimate of drug-likeness (QED) is 0.836. The second-order valence-electron chi connectivity index (χ2n) is 3.65. The van der Waals surface area contributed by atoms with Crippen LogP contribution in [0.2, 0.25) is 0 Å². The zero-order valence-electron chi connectivity index (χ0n) is 8.49. The summed E-state index contributed by atoms with van der Waals surface area (Å²) in [5, 5.41) is 9.59. The predicted octanol–water partition coefficient (Wildman–Crippen LogP) is 2.76. The smallest absolute Gasteiger partial charge is 0.303 e. The Labute approximate surface area is 87.3 Å². The molecule has 78 valence electrons. The average Bonchev–Trinajstić information content (AvgIpc) is 2.56. The molecule has 15 heavy (non-hydrogen) atoms. The van der Waals surface area contributed by atoms with Crippen LogP contribution in [0, 0.1) is 6.92 Å². The van der Waals surface area contributed by atoms with Crippen molar-refractivity contribution in [3.05, 3.63) is 35.6 Å². The SMILES string of the molecule is Cc1ccc2oc(CCC(=O)O)cc2c1. The van der Waals surface area contributed by atoms with E-state index in [1.165, 1.54) is 5.56 Å². The maximum absolute atomic E-state index is 10.4. The minimum Gasteiger partial charge on any atom is -0.481 e. The van der Waals surface area contributed by atoms with Crippen molar-refractivity contribution in [3.8, 4) is 0 Å². The van der Waals surface area contributed by atoms with Crippen LogP contribution in [-0.2, 0) is 11.2 Å². The monoisotopic (exact) mass is 204 g/mol. The molecule has 1 aromatic carbocycles. The summed E-state index contributed by atoms with van der Waals surface area (Å²) >= 11 is 0. The molecule has 0 aliphatic heterocycles. The molecular formula is C12H12O3. The third-order valence-electron chi connectivity index (χ3n) is 2.31. The summed E-state index contributed by atoms with van der Waals surface area (Å²) < 4.78 is 5.51. The molecule has 0 fully saturated rings. The first kappa shape index (κ1) is 9.77. The third-order valence-corrected chi connectivity index (χ3v) is 2.31. The molecule has 0 bridgehead atoms. The third kappa shape index (κ3) is 2.18. The number of fused-ring (bicyclic) bond motifs is 1. The molecule has 0 aliphatic carbocycles. The van der Waals surface area contributed by atoms with Gasteiger partial charge in [0.15, 0.2) is 0 Å². The summed E-state index contributed by atoms with van der Waals surface area (Å²) in [4.78, 5) is 10.4. The van der Waals surface area contributed by atoms with Crippen LogP contribution >= 0.6 is 0 Å². The van der Waals surface area contributed by atoms with Gasteiger partial charge in [0.2, 0.25) is 0 Å². The minimum atomic E-state index is -0.799. The van der Waals surface area contributed by atoms with Gasteiger partial charge >= 0.3 is 5.97 Å². The lowest BCUT2D eigenvalue weighted by Gasteiger charge is -1.90. The zero-order chi connectivity index (χ0) is 10.8. The van der Waals surface area contributed by atoms with Crippen molar-refractivity contribution in [1.82, 2.24) is 0 Å². The number of carbonyl (C=O) groups is 1. The van der Waals surface area contributed by atoms with Crippen LogP contribution < -0.4 is 0 Å². The van der Waals surface area contributed by atoms with Gasteiger partial charge in [0.25, 0.3) is 0 Å². The average molecular weight is 204 g/mol. The van der Waals surface area contributed by atoms with Gasteiger partial charge in [-0.3, -0.25) is 4.79 Å². The zero-order valence-corrected chi connectivity index (χ0v) is 8.49. The lowest BCUT2D eigenvalue weighted by Crippen LogP contribution is -1.95. The van der Waals surface area contributed by atoms with Crippen molar-refractivity contribution in [3.63, 3.8) is 0 Å². The molecule has 2 aromatic rings. The highest BCUT2D eigenvalue weighted by molar-refractivity contribution is 5.78. The van der Waals surface area contributed by atoms with E-state index < -0.39 is 5.97 Å². The summed E-state index contributed by atoms with van der Waals surface area (Å²) in [6.45, 7) is 2.02. The Kier molecular flexibility index (Phi) is 2.46. The molecule has 0 saturated heterocycles. The Bertz CT molecular complexity index is 497. The maximum Gasteiger partial charge on any atom is 0.303 e. The van der Waals surface area contributed by atoms with Gasteiger partial charge in [-0.25, -0.2) is 0 Å². The van der Waals surface area contributed by atoms with Gasteiger partial charge in [-0.2, -0.15) is 0 Å². The Morgan fingerprint density at radius 2 is 2.20 bits per heavy atom. The van der Waals surface area contributed by atoms with E-state index in [9.17, 15) is 4.79 Å². The van der Waals surface area contributed by atoms with Crippen molar-refractivity contribution in [2.75, 3.05) is 0 Å². The van der Waals surface area contributed by atoms with Crippen LogP contribution in [0.25, 0.3) is 11.0 Å². The van der Waals surface area contributed by atoms with E-state index in [4.69, 9.17) is 9.52 Å². The molecule has 0 saturated carbocycles. The largest absolute Gasteiger partial charge is 0.481 e. The van der Waals surface area contributed by atoms with Gasteiger partial charge in [-0.1, -0.05) is 11.6 Å². The second kappa shape index (κ2) is 3.77. The number of aliphatic carboxylic acids is 1. The summed E-state index contributed by atoms with van der Waals surface area (Å²) in [7, 11) is 0. The normalized spacial score (nSPS) is 10.7. The van der Waals surface area contributed by atoms with Crippen LogP contribution in [-0.4, -0.2) is 11.1 Å². The number of furan rings is 1. The molecule has 0 amide bonds. The number of aryl methyl sites for hydroxylation is 2. The number of rotatable bonds is 3. The molecule has 0 unspecified atom stereocenters. The van der Waals surface area contributed by atoms with Gasteiger partial charge in [0, 0.05) is 11.8 Å². The summed E-state index contributed by atoms with van der Waals surface area (Å²) in [6.07, 6.45) is 0.557. The maximum atomic E-state index is 10.4. The highest BCUT2D eigenvalue weighted by Crippen LogP contribution is 2.21. The van der Waals surface area contributed by atoms with Gasteiger partial charge in [-0.15, -0.1) is 0 Å². The van der Waals surface area contributed by atoms with E-state index in [1.807, 2.05) is 31.2 Å². The number of hydrogen-bond donors (Lipinski definition) is 1. The fraction of sp³-hybridized carbons (Fsp3) is 0.250. The van der Waals surface area contributed by atoms with Gasteiger partial charge in [0.05, 0.1) is 6.42 Å². The minimum absolute atomic E-state index is 0.110. The molecule has 1 aromatic heterocycles. The summed E-state index contributed by atoms with van der Waals surface area (Å²) in [5.41, 5.74) is 1.99. The van der Waals surface area contributed by atoms with Crippen LogP contribution in [0.5, 0.6) is 0 Å². The molecule has 1 heterocycles. The lowest BCUT2D eigenvalue weighted by molar-refractivity contribution is -0.137.